The fraction of sp³-hybridized carbons (Fsp3) is 0.529. The lowest BCUT2D eigenvalue weighted by atomic mass is 10.0. The summed E-state index contributed by atoms with van der Waals surface area (Å²) < 4.78 is 8.66. The van der Waals surface area contributed by atoms with Gasteiger partial charge in [-0.15, -0.1) is 0 Å². The summed E-state index contributed by atoms with van der Waals surface area (Å²) >= 11 is 0. The highest BCUT2D eigenvalue weighted by atomic mass is 16.5. The maximum atomic E-state index is 12.3. The topological polar surface area (TPSA) is 82.2 Å². The molecular formula is C17H21N5O3. The van der Waals surface area contributed by atoms with Crippen molar-refractivity contribution >= 4 is 0 Å². The summed E-state index contributed by atoms with van der Waals surface area (Å²) in [7, 11) is 1.49. The van der Waals surface area contributed by atoms with Crippen molar-refractivity contribution in [3.63, 3.8) is 0 Å². The van der Waals surface area contributed by atoms with Crippen molar-refractivity contribution in [1.29, 1.82) is 0 Å². The molecule has 2 aromatic rings. The third kappa shape index (κ3) is 2.91. The van der Waals surface area contributed by atoms with Crippen molar-refractivity contribution in [2.24, 2.45) is 7.05 Å². The summed E-state index contributed by atoms with van der Waals surface area (Å²) in [5.74, 6) is 0.511. The van der Waals surface area contributed by atoms with E-state index in [1.165, 1.54) is 11.6 Å². The molecule has 2 aliphatic heterocycles. The summed E-state index contributed by atoms with van der Waals surface area (Å²) in [6.07, 6.45) is 0.819. The van der Waals surface area contributed by atoms with Crippen LogP contribution in [0.1, 0.15) is 23.6 Å². The first-order valence-electron chi connectivity index (χ1n) is 8.42. The van der Waals surface area contributed by atoms with Crippen LogP contribution >= 0.6 is 0 Å². The Morgan fingerprint density at radius 2 is 2.08 bits per heavy atom. The minimum Gasteiger partial charge on any atom is -0.364 e. The third-order valence-corrected chi connectivity index (χ3v) is 4.98. The van der Waals surface area contributed by atoms with E-state index >= 15 is 0 Å². The molecule has 132 valence electrons. The van der Waals surface area contributed by atoms with Crippen molar-refractivity contribution in [1.82, 2.24) is 24.2 Å². The quantitative estimate of drug-likeness (QED) is 0.704. The van der Waals surface area contributed by atoms with Crippen molar-refractivity contribution in [3.8, 4) is 0 Å². The zero-order valence-corrected chi connectivity index (χ0v) is 14.4. The number of nitrogens with zero attached hydrogens (tertiary/aromatic N) is 5. The Bertz CT molecular complexity index is 935. The molecule has 8 heteroatoms. The van der Waals surface area contributed by atoms with E-state index in [0.29, 0.717) is 18.9 Å². The molecule has 2 aromatic heterocycles. The number of ether oxygens (including phenoxy) is 1. The van der Waals surface area contributed by atoms with Gasteiger partial charge in [-0.05, 0) is 25.5 Å². The fourth-order valence-corrected chi connectivity index (χ4v) is 3.69. The predicted molar refractivity (Wildman–Crippen MR) is 90.1 cm³/mol. The highest BCUT2D eigenvalue weighted by molar-refractivity contribution is 5.11. The van der Waals surface area contributed by atoms with E-state index in [1.807, 2.05) is 25.1 Å². The summed E-state index contributed by atoms with van der Waals surface area (Å²) in [5.41, 5.74) is 0.478. The first kappa shape index (κ1) is 16.2. The summed E-state index contributed by atoms with van der Waals surface area (Å²) in [4.78, 5) is 31.0. The third-order valence-electron chi connectivity index (χ3n) is 4.98. The molecule has 0 unspecified atom stereocenters. The highest BCUT2D eigenvalue weighted by Gasteiger charge is 2.43. The summed E-state index contributed by atoms with van der Waals surface area (Å²) in [6, 6.07) is 6.01. The van der Waals surface area contributed by atoms with Gasteiger partial charge in [0, 0.05) is 32.4 Å². The van der Waals surface area contributed by atoms with Gasteiger partial charge in [0.25, 0.3) is 0 Å². The van der Waals surface area contributed by atoms with E-state index in [0.717, 1.165) is 35.6 Å². The van der Waals surface area contributed by atoms with Crippen LogP contribution in [0.25, 0.3) is 0 Å². The van der Waals surface area contributed by atoms with Crippen molar-refractivity contribution < 1.29 is 4.74 Å². The first-order valence-corrected chi connectivity index (χ1v) is 8.42. The lowest BCUT2D eigenvalue weighted by Gasteiger charge is -2.35. The zero-order chi connectivity index (χ0) is 17.6. The predicted octanol–water partition coefficient (Wildman–Crippen LogP) is -0.180. The lowest BCUT2D eigenvalue weighted by molar-refractivity contribution is -0.0858. The number of rotatable bonds is 2. The molecule has 4 rings (SSSR count). The van der Waals surface area contributed by atoms with E-state index in [2.05, 4.69) is 15.0 Å². The molecule has 1 atom stereocenters. The Labute approximate surface area is 144 Å². The first-order chi connectivity index (χ1) is 12.0. The van der Waals surface area contributed by atoms with Crippen LogP contribution in [0.3, 0.4) is 0 Å². The number of pyridine rings is 1. The molecule has 0 saturated carbocycles. The average molecular weight is 343 g/mol. The minimum atomic E-state index is -0.598. The molecule has 4 heterocycles. The van der Waals surface area contributed by atoms with Crippen molar-refractivity contribution in [2.45, 2.75) is 38.6 Å². The van der Waals surface area contributed by atoms with Gasteiger partial charge in [-0.1, -0.05) is 6.07 Å². The molecular weight excluding hydrogens is 322 g/mol. The smallest absolute Gasteiger partial charge is 0.332 e. The van der Waals surface area contributed by atoms with E-state index in [-0.39, 0.29) is 6.61 Å². The van der Waals surface area contributed by atoms with Crippen molar-refractivity contribution in [2.75, 3.05) is 13.1 Å². The van der Waals surface area contributed by atoms with Gasteiger partial charge in [0.15, 0.2) is 5.82 Å². The SMILES string of the molecule is Cc1cccc(CN2CC[C@]3(C2)Cn2c(nn(C)c(=O)c2=O)CO3)n1. The Kier molecular flexibility index (Phi) is 3.81. The van der Waals surface area contributed by atoms with E-state index in [4.69, 9.17) is 4.74 Å². The molecule has 25 heavy (non-hydrogen) atoms. The van der Waals surface area contributed by atoms with Gasteiger partial charge >= 0.3 is 11.1 Å². The molecule has 0 aromatic carbocycles. The highest BCUT2D eigenvalue weighted by Crippen LogP contribution is 2.31. The number of likely N-dealkylation sites (tertiary alicyclic amines) is 1. The van der Waals surface area contributed by atoms with Crippen LogP contribution in [0, 0.1) is 6.92 Å². The largest absolute Gasteiger partial charge is 0.364 e. The van der Waals surface area contributed by atoms with Crippen LogP contribution in [0.5, 0.6) is 0 Å². The van der Waals surface area contributed by atoms with E-state index < -0.39 is 16.7 Å². The Balaban J connectivity index is 1.54. The molecule has 0 radical (unpaired) electrons. The second kappa shape index (κ2) is 5.89. The Morgan fingerprint density at radius 1 is 1.24 bits per heavy atom. The van der Waals surface area contributed by atoms with Gasteiger partial charge in [-0.3, -0.25) is 24.0 Å². The van der Waals surface area contributed by atoms with Gasteiger partial charge in [-0.2, -0.15) is 5.10 Å². The average Bonchev–Trinajstić information content (AvgIpc) is 2.96. The molecule has 2 aliphatic rings. The number of aromatic nitrogens is 4. The number of hydrogen-bond donors (Lipinski definition) is 0. The number of aryl methyl sites for hydroxylation is 2. The molecule has 1 saturated heterocycles. The molecule has 0 aliphatic carbocycles. The van der Waals surface area contributed by atoms with Crippen LogP contribution in [-0.2, 0) is 31.5 Å². The van der Waals surface area contributed by atoms with Gasteiger partial charge in [0.05, 0.1) is 12.2 Å². The monoisotopic (exact) mass is 343 g/mol. The summed E-state index contributed by atoms with van der Waals surface area (Å²) in [5, 5.41) is 4.14. The van der Waals surface area contributed by atoms with E-state index in [1.54, 1.807) is 0 Å². The maximum absolute atomic E-state index is 12.3. The van der Waals surface area contributed by atoms with Crippen molar-refractivity contribution in [3.05, 3.63) is 56.1 Å². The molecule has 0 amide bonds. The number of hydrogen-bond acceptors (Lipinski definition) is 6. The Hall–Kier alpha value is -2.32. The summed E-state index contributed by atoms with van der Waals surface area (Å²) in [6.45, 7) is 4.95. The molecule has 8 nitrogen and oxygen atoms in total. The fourth-order valence-electron chi connectivity index (χ4n) is 3.69. The maximum Gasteiger partial charge on any atom is 0.332 e. The van der Waals surface area contributed by atoms with Crippen LogP contribution in [0.4, 0.5) is 0 Å². The molecule has 1 spiro atoms. The normalized spacial score (nSPS) is 23.1. The second-order valence-electron chi connectivity index (χ2n) is 6.94. The second-order valence-corrected chi connectivity index (χ2v) is 6.94. The molecule has 1 fully saturated rings. The standard InChI is InChI=1S/C17H21N5O3/c1-12-4-3-5-13(18-12)8-21-7-6-17(10-21)11-22-14(9-25-17)19-20(2)15(23)16(22)24/h3-5H,6-11H2,1-2H3/t17-/m0/s1. The zero-order valence-electron chi connectivity index (χ0n) is 14.4. The molecule has 0 bridgehead atoms. The lowest BCUT2D eigenvalue weighted by Crippen LogP contribution is -2.52. The Morgan fingerprint density at radius 3 is 2.88 bits per heavy atom. The van der Waals surface area contributed by atoms with Gasteiger partial charge < -0.3 is 4.74 Å². The van der Waals surface area contributed by atoms with Crippen LogP contribution in [-0.4, -0.2) is 42.9 Å². The number of fused-ring (bicyclic) bond motifs is 1. The van der Waals surface area contributed by atoms with Crippen LogP contribution in [0.2, 0.25) is 0 Å². The van der Waals surface area contributed by atoms with Crippen LogP contribution in [0.15, 0.2) is 27.8 Å². The van der Waals surface area contributed by atoms with Gasteiger partial charge in [0.1, 0.15) is 12.2 Å². The van der Waals surface area contributed by atoms with E-state index in [9.17, 15) is 9.59 Å². The molecule has 0 N–H and O–H groups in total. The van der Waals surface area contributed by atoms with Crippen LogP contribution < -0.4 is 11.1 Å². The minimum absolute atomic E-state index is 0.250. The van der Waals surface area contributed by atoms with Gasteiger partial charge in [0.2, 0.25) is 0 Å². The van der Waals surface area contributed by atoms with Gasteiger partial charge in [-0.25, -0.2) is 4.68 Å².